The average molecular weight is 397 g/mol. The molecule has 0 spiro atoms. The van der Waals surface area contributed by atoms with Crippen molar-refractivity contribution in [2.45, 2.75) is 23.4 Å². The summed E-state index contributed by atoms with van der Waals surface area (Å²) in [6.07, 6.45) is 0.452. The van der Waals surface area contributed by atoms with Crippen molar-refractivity contribution in [3.8, 4) is 0 Å². The van der Waals surface area contributed by atoms with E-state index >= 15 is 0 Å². The van der Waals surface area contributed by atoms with Crippen molar-refractivity contribution >= 4 is 55.7 Å². The Labute approximate surface area is 164 Å². The van der Waals surface area contributed by atoms with Gasteiger partial charge in [0.25, 0.3) is 0 Å². The highest BCUT2D eigenvalue weighted by molar-refractivity contribution is 8.00. The second-order valence-electron chi connectivity index (χ2n) is 6.10. The molecule has 0 saturated heterocycles. The van der Waals surface area contributed by atoms with E-state index in [-0.39, 0.29) is 11.7 Å². The maximum Gasteiger partial charge on any atom is 0.224 e. The molecule has 6 heteroatoms. The number of nitrogens with one attached hydrogen (secondary N) is 1. The van der Waals surface area contributed by atoms with Crippen LogP contribution in [0.25, 0.3) is 21.0 Å². The molecule has 3 aromatic carbocycles. The summed E-state index contributed by atoms with van der Waals surface area (Å²) in [5.74, 6) is 0.526. The van der Waals surface area contributed by atoms with Crippen molar-refractivity contribution in [1.29, 1.82) is 0 Å². The van der Waals surface area contributed by atoms with Crippen molar-refractivity contribution in [2.75, 3.05) is 5.32 Å². The first-order chi connectivity index (χ1) is 13.1. The molecule has 0 aliphatic carbocycles. The van der Waals surface area contributed by atoms with Crippen LogP contribution in [0.1, 0.15) is 18.9 Å². The van der Waals surface area contributed by atoms with Gasteiger partial charge in [0.1, 0.15) is 5.82 Å². The monoisotopic (exact) mass is 396 g/mol. The third-order valence-corrected chi connectivity index (χ3v) is 6.50. The van der Waals surface area contributed by atoms with Gasteiger partial charge in [0.15, 0.2) is 4.34 Å². The second-order valence-corrected chi connectivity index (χ2v) is 8.36. The first-order valence-electron chi connectivity index (χ1n) is 8.63. The maximum absolute atomic E-state index is 14.0. The van der Waals surface area contributed by atoms with Gasteiger partial charge in [0.2, 0.25) is 5.91 Å². The van der Waals surface area contributed by atoms with Crippen LogP contribution in [0.3, 0.4) is 0 Å². The molecule has 0 radical (unpaired) electrons. The molecule has 136 valence electrons. The summed E-state index contributed by atoms with van der Waals surface area (Å²) < 4.78 is 16.0. The molecule has 0 unspecified atom stereocenters. The zero-order chi connectivity index (χ0) is 18.8. The number of fused-ring (bicyclic) bond motifs is 2. The Bertz CT molecular complexity index is 1140. The number of thioether (sulfide) groups is 1. The van der Waals surface area contributed by atoms with E-state index in [1.165, 1.54) is 6.07 Å². The summed E-state index contributed by atoms with van der Waals surface area (Å²) >= 11 is 3.24. The Kier molecular flexibility index (Phi) is 5.09. The molecule has 4 rings (SSSR count). The third kappa shape index (κ3) is 3.82. The number of anilines is 1. The van der Waals surface area contributed by atoms with Crippen LogP contribution in [0.5, 0.6) is 0 Å². The van der Waals surface area contributed by atoms with Gasteiger partial charge in [-0.15, -0.1) is 11.3 Å². The number of benzene rings is 3. The number of hydrogen-bond donors (Lipinski definition) is 1. The van der Waals surface area contributed by atoms with Gasteiger partial charge >= 0.3 is 0 Å². The SMILES string of the molecule is CCC(=O)Nc1ccc2nc(SCc3ccc(F)c4ccccc34)sc2c1. The number of carbonyl (C=O) groups excluding carboxylic acids is 1. The fourth-order valence-corrected chi connectivity index (χ4v) is 4.99. The van der Waals surface area contributed by atoms with Crippen LogP contribution < -0.4 is 5.32 Å². The predicted octanol–water partition coefficient (Wildman–Crippen LogP) is 6.23. The number of hydrogen-bond acceptors (Lipinski definition) is 4. The molecular weight excluding hydrogens is 379 g/mol. The van der Waals surface area contributed by atoms with Crippen LogP contribution in [0.2, 0.25) is 0 Å². The number of thiazole rings is 1. The number of nitrogens with zero attached hydrogens (tertiary/aromatic N) is 1. The number of halogens is 1. The van der Waals surface area contributed by atoms with E-state index in [0.717, 1.165) is 36.9 Å². The number of amides is 1. The zero-order valence-corrected chi connectivity index (χ0v) is 16.3. The first kappa shape index (κ1) is 17.9. The van der Waals surface area contributed by atoms with Gasteiger partial charge in [-0.05, 0) is 35.2 Å². The molecule has 0 atom stereocenters. The summed E-state index contributed by atoms with van der Waals surface area (Å²) in [5.41, 5.74) is 2.80. The van der Waals surface area contributed by atoms with Gasteiger partial charge in [0.05, 0.1) is 10.2 Å². The predicted molar refractivity (Wildman–Crippen MR) is 112 cm³/mol. The van der Waals surface area contributed by atoms with E-state index in [4.69, 9.17) is 0 Å². The topological polar surface area (TPSA) is 42.0 Å². The minimum Gasteiger partial charge on any atom is -0.326 e. The molecule has 0 aliphatic rings. The largest absolute Gasteiger partial charge is 0.326 e. The first-order valence-corrected chi connectivity index (χ1v) is 10.4. The molecule has 1 N–H and O–H groups in total. The summed E-state index contributed by atoms with van der Waals surface area (Å²) in [6, 6.07) is 16.7. The Morgan fingerprint density at radius 2 is 1.96 bits per heavy atom. The summed E-state index contributed by atoms with van der Waals surface area (Å²) in [5, 5.41) is 4.46. The Morgan fingerprint density at radius 3 is 2.78 bits per heavy atom. The minimum atomic E-state index is -0.194. The van der Waals surface area contributed by atoms with Gasteiger partial charge in [-0.3, -0.25) is 4.79 Å². The normalized spacial score (nSPS) is 11.2. The zero-order valence-electron chi connectivity index (χ0n) is 14.7. The van der Waals surface area contributed by atoms with Gasteiger partial charge < -0.3 is 5.32 Å². The fraction of sp³-hybridized carbons (Fsp3) is 0.143. The Balaban J connectivity index is 1.56. The van der Waals surface area contributed by atoms with Crippen molar-refractivity contribution in [3.05, 3.63) is 66.0 Å². The van der Waals surface area contributed by atoms with Crippen LogP contribution in [0.4, 0.5) is 10.1 Å². The smallest absolute Gasteiger partial charge is 0.224 e. The molecule has 1 heterocycles. The fourth-order valence-electron chi connectivity index (χ4n) is 2.88. The summed E-state index contributed by atoms with van der Waals surface area (Å²) in [4.78, 5) is 16.2. The van der Waals surface area contributed by atoms with E-state index in [1.54, 1.807) is 23.1 Å². The lowest BCUT2D eigenvalue weighted by atomic mass is 10.1. The van der Waals surface area contributed by atoms with Crippen LogP contribution in [0.15, 0.2) is 58.9 Å². The molecule has 4 aromatic rings. The highest BCUT2D eigenvalue weighted by Crippen LogP contribution is 2.34. The van der Waals surface area contributed by atoms with Crippen molar-refractivity contribution < 1.29 is 9.18 Å². The van der Waals surface area contributed by atoms with Crippen LogP contribution in [-0.4, -0.2) is 10.9 Å². The second kappa shape index (κ2) is 7.66. The Hall–Kier alpha value is -2.44. The highest BCUT2D eigenvalue weighted by Gasteiger charge is 2.10. The lowest BCUT2D eigenvalue weighted by Gasteiger charge is -2.06. The maximum atomic E-state index is 14.0. The Morgan fingerprint density at radius 1 is 1.15 bits per heavy atom. The van der Waals surface area contributed by atoms with Crippen molar-refractivity contribution in [1.82, 2.24) is 4.98 Å². The number of aromatic nitrogens is 1. The van der Waals surface area contributed by atoms with E-state index in [0.29, 0.717) is 11.8 Å². The van der Waals surface area contributed by atoms with Gasteiger partial charge in [-0.25, -0.2) is 9.37 Å². The molecule has 3 nitrogen and oxygen atoms in total. The highest BCUT2D eigenvalue weighted by atomic mass is 32.2. The molecule has 1 amide bonds. The van der Waals surface area contributed by atoms with Crippen LogP contribution >= 0.6 is 23.1 Å². The molecule has 27 heavy (non-hydrogen) atoms. The summed E-state index contributed by atoms with van der Waals surface area (Å²) in [7, 11) is 0. The lowest BCUT2D eigenvalue weighted by molar-refractivity contribution is -0.115. The van der Waals surface area contributed by atoms with E-state index < -0.39 is 0 Å². The summed E-state index contributed by atoms with van der Waals surface area (Å²) in [6.45, 7) is 1.83. The van der Waals surface area contributed by atoms with Crippen LogP contribution in [0, 0.1) is 5.82 Å². The van der Waals surface area contributed by atoms with Gasteiger partial charge in [-0.1, -0.05) is 49.0 Å². The van der Waals surface area contributed by atoms with E-state index in [9.17, 15) is 9.18 Å². The number of rotatable bonds is 5. The molecule has 0 saturated carbocycles. The molecular formula is C21H17FN2OS2. The quantitative estimate of drug-likeness (QED) is 0.407. The van der Waals surface area contributed by atoms with Crippen molar-refractivity contribution in [2.24, 2.45) is 0 Å². The van der Waals surface area contributed by atoms with Gasteiger partial charge in [0, 0.05) is 23.2 Å². The van der Waals surface area contributed by atoms with Crippen LogP contribution in [-0.2, 0) is 10.5 Å². The average Bonchev–Trinajstić information content (AvgIpc) is 3.10. The minimum absolute atomic E-state index is 0.00310. The number of carbonyl (C=O) groups is 1. The third-order valence-electron chi connectivity index (χ3n) is 4.29. The molecule has 0 fully saturated rings. The van der Waals surface area contributed by atoms with E-state index in [2.05, 4.69) is 10.3 Å². The van der Waals surface area contributed by atoms with Crippen molar-refractivity contribution in [3.63, 3.8) is 0 Å². The molecule has 0 aliphatic heterocycles. The standard InChI is InChI=1S/C21H17FN2OS2/c1-2-20(25)23-14-8-10-18-19(11-14)27-21(24-18)26-12-13-7-9-17(22)16-6-4-3-5-15(13)16/h3-11H,2,12H2,1H3,(H,23,25). The lowest BCUT2D eigenvalue weighted by Crippen LogP contribution is -2.08. The van der Waals surface area contributed by atoms with E-state index in [1.807, 2.05) is 55.5 Å². The molecule has 0 bridgehead atoms. The molecule has 1 aromatic heterocycles. The van der Waals surface area contributed by atoms with Gasteiger partial charge in [-0.2, -0.15) is 0 Å².